The van der Waals surface area contributed by atoms with Crippen LogP contribution in [0.5, 0.6) is 0 Å². The fraction of sp³-hybridized carbons (Fsp3) is 0.583. The van der Waals surface area contributed by atoms with Crippen molar-refractivity contribution >= 4 is 27.3 Å². The van der Waals surface area contributed by atoms with Crippen molar-refractivity contribution < 1.29 is 23.4 Å². The molecule has 1 aliphatic heterocycles. The third-order valence-electron chi connectivity index (χ3n) is 3.57. The Morgan fingerprint density at radius 2 is 2.20 bits per heavy atom. The molecule has 2 N–H and O–H groups in total. The molecular weight excluding hydrogens is 302 g/mol. The van der Waals surface area contributed by atoms with E-state index >= 15 is 0 Å². The predicted octanol–water partition coefficient (Wildman–Crippen LogP) is 1.15. The van der Waals surface area contributed by atoms with Crippen molar-refractivity contribution in [2.45, 2.75) is 31.3 Å². The first-order chi connectivity index (χ1) is 9.23. The summed E-state index contributed by atoms with van der Waals surface area (Å²) in [6.45, 7) is 3.89. The van der Waals surface area contributed by atoms with E-state index in [2.05, 4.69) is 0 Å². The maximum absolute atomic E-state index is 12.5. The van der Waals surface area contributed by atoms with Crippen LogP contribution in [0.15, 0.2) is 11.0 Å². The third kappa shape index (κ3) is 2.73. The molecule has 2 rings (SSSR count). The van der Waals surface area contributed by atoms with Gasteiger partial charge in [0.05, 0.1) is 11.0 Å². The Hall–Kier alpha value is -0.960. The summed E-state index contributed by atoms with van der Waals surface area (Å²) in [6, 6.07) is 1.22. The smallest absolute Gasteiger partial charge is 0.345 e. The molecule has 1 aromatic rings. The van der Waals surface area contributed by atoms with Gasteiger partial charge in [-0.05, 0) is 32.3 Å². The number of aryl methyl sites for hydroxylation is 1. The highest BCUT2D eigenvalue weighted by molar-refractivity contribution is 7.89. The van der Waals surface area contributed by atoms with Gasteiger partial charge < -0.3 is 10.2 Å². The van der Waals surface area contributed by atoms with Crippen molar-refractivity contribution in [3.8, 4) is 0 Å². The first-order valence-electron chi connectivity index (χ1n) is 6.25. The molecule has 2 atom stereocenters. The second kappa shape index (κ2) is 5.44. The predicted molar refractivity (Wildman–Crippen MR) is 74.6 cm³/mol. The molecule has 1 fully saturated rings. The highest BCUT2D eigenvalue weighted by Gasteiger charge is 2.36. The van der Waals surface area contributed by atoms with Gasteiger partial charge in [0.15, 0.2) is 0 Å². The van der Waals surface area contributed by atoms with E-state index in [1.807, 2.05) is 0 Å². The van der Waals surface area contributed by atoms with Crippen LogP contribution in [-0.4, -0.2) is 48.1 Å². The minimum Gasteiger partial charge on any atom is -0.477 e. The lowest BCUT2D eigenvalue weighted by atomic mass is 10.0. The molecule has 0 aromatic carbocycles. The molecule has 1 aromatic heterocycles. The van der Waals surface area contributed by atoms with Crippen LogP contribution < -0.4 is 0 Å². The van der Waals surface area contributed by atoms with Crippen molar-refractivity contribution in [1.82, 2.24) is 4.31 Å². The molecule has 0 amide bonds. The van der Waals surface area contributed by atoms with Gasteiger partial charge in [-0.15, -0.1) is 11.3 Å². The average Bonchev–Trinajstić information content (AvgIpc) is 2.94. The number of thiophene rings is 1. The zero-order chi connectivity index (χ0) is 15.1. The summed E-state index contributed by atoms with van der Waals surface area (Å²) >= 11 is 0.960. The highest BCUT2D eigenvalue weighted by atomic mass is 32.2. The lowest BCUT2D eigenvalue weighted by Gasteiger charge is -2.17. The van der Waals surface area contributed by atoms with E-state index in [1.165, 1.54) is 10.4 Å². The number of rotatable bonds is 4. The minimum absolute atomic E-state index is 0.0207. The van der Waals surface area contributed by atoms with Gasteiger partial charge in [0, 0.05) is 18.0 Å². The Kier molecular flexibility index (Phi) is 4.19. The van der Waals surface area contributed by atoms with Crippen LogP contribution in [0.1, 0.15) is 27.9 Å². The molecule has 0 radical (unpaired) electrons. The van der Waals surface area contributed by atoms with E-state index < -0.39 is 22.1 Å². The van der Waals surface area contributed by atoms with E-state index in [0.29, 0.717) is 17.8 Å². The number of hydrogen-bond acceptors (Lipinski definition) is 5. The molecule has 8 heteroatoms. The number of aliphatic hydroxyl groups is 1. The molecule has 0 spiro atoms. The van der Waals surface area contributed by atoms with E-state index in [9.17, 15) is 18.3 Å². The molecule has 0 bridgehead atoms. The second-order valence-electron chi connectivity index (χ2n) is 4.99. The summed E-state index contributed by atoms with van der Waals surface area (Å²) in [5.41, 5.74) is 0. The highest BCUT2D eigenvalue weighted by Crippen LogP contribution is 2.31. The summed E-state index contributed by atoms with van der Waals surface area (Å²) in [6.07, 6.45) is 0.0691. The van der Waals surface area contributed by atoms with Crippen LogP contribution in [0.25, 0.3) is 0 Å². The Morgan fingerprint density at radius 3 is 2.65 bits per heavy atom. The van der Waals surface area contributed by atoms with Gasteiger partial charge in [0.25, 0.3) is 0 Å². The van der Waals surface area contributed by atoms with Gasteiger partial charge in [-0.3, -0.25) is 0 Å². The molecule has 1 aliphatic rings. The fourth-order valence-corrected chi connectivity index (χ4v) is 5.24. The van der Waals surface area contributed by atoms with Crippen molar-refractivity contribution in [3.63, 3.8) is 0 Å². The standard InChI is InChI=1S/C12H17NO5S2/c1-7(14)9-3-4-13(6-9)20(17,18)11-5-10(12(15)16)19-8(11)2/h5,7,9,14H,3-4,6H2,1-2H3,(H,15,16). The largest absolute Gasteiger partial charge is 0.477 e. The van der Waals surface area contributed by atoms with Crippen molar-refractivity contribution in [3.05, 3.63) is 15.8 Å². The molecule has 0 saturated carbocycles. The van der Waals surface area contributed by atoms with E-state index in [1.54, 1.807) is 13.8 Å². The van der Waals surface area contributed by atoms with E-state index in [-0.39, 0.29) is 22.2 Å². The number of carboxylic acids is 1. The van der Waals surface area contributed by atoms with Crippen LogP contribution in [-0.2, 0) is 10.0 Å². The molecule has 6 nitrogen and oxygen atoms in total. The average molecular weight is 319 g/mol. The topological polar surface area (TPSA) is 94.9 Å². The quantitative estimate of drug-likeness (QED) is 0.868. The van der Waals surface area contributed by atoms with Crippen LogP contribution in [0.2, 0.25) is 0 Å². The monoisotopic (exact) mass is 319 g/mol. The van der Waals surface area contributed by atoms with Gasteiger partial charge in [0.1, 0.15) is 4.88 Å². The number of carboxylic acid groups (broad SMARTS) is 1. The SMILES string of the molecule is Cc1sc(C(=O)O)cc1S(=O)(=O)N1CCC(C(C)O)C1. The number of carbonyl (C=O) groups is 1. The van der Waals surface area contributed by atoms with Gasteiger partial charge in [-0.2, -0.15) is 4.31 Å². The molecule has 0 aliphatic carbocycles. The van der Waals surface area contributed by atoms with E-state index in [4.69, 9.17) is 5.11 Å². The van der Waals surface area contributed by atoms with Gasteiger partial charge in [-0.1, -0.05) is 0 Å². The summed E-state index contributed by atoms with van der Waals surface area (Å²) < 4.78 is 26.4. The normalized spacial score (nSPS) is 22.1. The Morgan fingerprint density at radius 1 is 1.55 bits per heavy atom. The van der Waals surface area contributed by atoms with Crippen molar-refractivity contribution in [2.75, 3.05) is 13.1 Å². The Labute approximate surface area is 121 Å². The maximum atomic E-state index is 12.5. The first-order valence-corrected chi connectivity index (χ1v) is 8.51. The molecule has 2 unspecified atom stereocenters. The second-order valence-corrected chi connectivity index (χ2v) is 8.15. The summed E-state index contributed by atoms with van der Waals surface area (Å²) in [5.74, 6) is -1.19. The van der Waals surface area contributed by atoms with Crippen LogP contribution in [0.3, 0.4) is 0 Å². The lowest BCUT2D eigenvalue weighted by molar-refractivity contribution is 0.0702. The number of nitrogens with zero attached hydrogens (tertiary/aromatic N) is 1. The number of sulfonamides is 1. The molecule has 20 heavy (non-hydrogen) atoms. The molecule has 112 valence electrons. The van der Waals surface area contributed by atoms with E-state index in [0.717, 1.165) is 11.3 Å². The summed E-state index contributed by atoms with van der Waals surface area (Å²) in [4.78, 5) is 11.5. The maximum Gasteiger partial charge on any atom is 0.345 e. The lowest BCUT2D eigenvalue weighted by Crippen LogP contribution is -2.30. The number of aromatic carboxylic acids is 1. The van der Waals surface area contributed by atoms with Crippen molar-refractivity contribution in [2.24, 2.45) is 5.92 Å². The van der Waals surface area contributed by atoms with Crippen LogP contribution in [0.4, 0.5) is 0 Å². The zero-order valence-corrected chi connectivity index (χ0v) is 12.9. The first kappa shape index (κ1) is 15.4. The van der Waals surface area contributed by atoms with Crippen molar-refractivity contribution in [1.29, 1.82) is 0 Å². The van der Waals surface area contributed by atoms with Gasteiger partial charge in [0.2, 0.25) is 10.0 Å². The zero-order valence-electron chi connectivity index (χ0n) is 11.2. The molecule has 2 heterocycles. The van der Waals surface area contributed by atoms with Crippen LogP contribution >= 0.6 is 11.3 Å². The fourth-order valence-electron chi connectivity index (χ4n) is 2.33. The number of aliphatic hydroxyl groups excluding tert-OH is 1. The van der Waals surface area contributed by atoms with Crippen LogP contribution in [0, 0.1) is 12.8 Å². The molecule has 1 saturated heterocycles. The Bertz CT molecular complexity index is 620. The molecular formula is C12H17NO5S2. The minimum atomic E-state index is -3.68. The summed E-state index contributed by atoms with van der Waals surface area (Å²) in [5, 5.41) is 18.5. The van der Waals surface area contributed by atoms with Gasteiger partial charge in [-0.25, -0.2) is 13.2 Å². The summed E-state index contributed by atoms with van der Waals surface area (Å²) in [7, 11) is -3.68. The number of hydrogen-bond donors (Lipinski definition) is 2. The third-order valence-corrected chi connectivity index (χ3v) is 6.73. The van der Waals surface area contributed by atoms with Gasteiger partial charge >= 0.3 is 5.97 Å². The Balaban J connectivity index is 2.30.